The van der Waals surface area contributed by atoms with Gasteiger partial charge in [-0.3, -0.25) is 0 Å². The van der Waals surface area contributed by atoms with Gasteiger partial charge in [-0.25, -0.2) is 4.79 Å². The number of ether oxygens (including phenoxy) is 1. The highest BCUT2D eigenvalue weighted by atomic mass is 16.6. The van der Waals surface area contributed by atoms with Crippen molar-refractivity contribution in [2.24, 2.45) is 5.73 Å². The average molecular weight is 200 g/mol. The molecule has 0 saturated heterocycles. The molecule has 0 aromatic rings. The molecule has 0 radical (unpaired) electrons. The molecule has 0 unspecified atom stereocenters. The summed E-state index contributed by atoms with van der Waals surface area (Å²) < 4.78 is 5.12. The standard InChI is InChI=1S/C10H20N2O2/c1-9(2,3)14-8(13)12-7-5-10(4,11)6-7/h7H,5-6,11H2,1-4H3,(H,12,13)/t7-,10+. The molecule has 1 saturated carbocycles. The maximum atomic E-state index is 11.3. The largest absolute Gasteiger partial charge is 0.444 e. The first-order valence-electron chi connectivity index (χ1n) is 4.96. The number of nitrogens with two attached hydrogens (primary N) is 1. The highest BCUT2D eigenvalue weighted by molar-refractivity contribution is 5.68. The van der Waals surface area contributed by atoms with Crippen LogP contribution in [0.3, 0.4) is 0 Å². The minimum atomic E-state index is -0.431. The van der Waals surface area contributed by atoms with Gasteiger partial charge in [0.05, 0.1) is 0 Å². The van der Waals surface area contributed by atoms with Gasteiger partial charge in [-0.05, 0) is 40.5 Å². The topological polar surface area (TPSA) is 64.3 Å². The van der Waals surface area contributed by atoms with Gasteiger partial charge in [0.1, 0.15) is 5.60 Å². The quantitative estimate of drug-likeness (QED) is 0.672. The second kappa shape index (κ2) is 3.42. The van der Waals surface area contributed by atoms with E-state index in [4.69, 9.17) is 10.5 Å². The first kappa shape index (κ1) is 11.3. The lowest BCUT2D eigenvalue weighted by Crippen LogP contribution is -2.58. The van der Waals surface area contributed by atoms with E-state index in [0.29, 0.717) is 0 Å². The highest BCUT2D eigenvalue weighted by Crippen LogP contribution is 2.29. The molecule has 0 heterocycles. The van der Waals surface area contributed by atoms with Crippen LogP contribution in [0.1, 0.15) is 40.5 Å². The lowest BCUT2D eigenvalue weighted by atomic mass is 9.75. The van der Waals surface area contributed by atoms with Gasteiger partial charge in [0.2, 0.25) is 0 Å². The Kier molecular flexibility index (Phi) is 2.76. The van der Waals surface area contributed by atoms with Crippen molar-refractivity contribution in [1.29, 1.82) is 0 Å². The molecule has 0 spiro atoms. The number of carbonyl (C=O) groups excluding carboxylic acids is 1. The predicted octanol–water partition coefficient (Wildman–Crippen LogP) is 1.39. The monoisotopic (exact) mass is 200 g/mol. The van der Waals surface area contributed by atoms with Crippen molar-refractivity contribution >= 4 is 6.09 Å². The van der Waals surface area contributed by atoms with E-state index < -0.39 is 5.60 Å². The van der Waals surface area contributed by atoms with E-state index in [1.807, 2.05) is 27.7 Å². The van der Waals surface area contributed by atoms with Crippen LogP contribution in [0.5, 0.6) is 0 Å². The Morgan fingerprint density at radius 3 is 2.36 bits per heavy atom. The zero-order chi connectivity index (χ0) is 11.0. The molecule has 4 nitrogen and oxygen atoms in total. The number of alkyl carbamates (subject to hydrolysis) is 1. The zero-order valence-corrected chi connectivity index (χ0v) is 9.39. The molecule has 0 aromatic carbocycles. The van der Waals surface area contributed by atoms with Crippen LogP contribution in [0.4, 0.5) is 4.79 Å². The van der Waals surface area contributed by atoms with Crippen LogP contribution in [-0.4, -0.2) is 23.3 Å². The molecule has 1 rings (SSSR count). The second-order valence-corrected chi connectivity index (χ2v) is 5.41. The van der Waals surface area contributed by atoms with Crippen molar-refractivity contribution in [3.63, 3.8) is 0 Å². The van der Waals surface area contributed by atoms with Gasteiger partial charge in [-0.15, -0.1) is 0 Å². The summed E-state index contributed by atoms with van der Waals surface area (Å²) in [4.78, 5) is 11.3. The molecular formula is C10H20N2O2. The lowest BCUT2D eigenvalue weighted by Gasteiger charge is -2.42. The molecule has 4 heteroatoms. The van der Waals surface area contributed by atoms with Crippen LogP contribution in [0.15, 0.2) is 0 Å². The summed E-state index contributed by atoms with van der Waals surface area (Å²) in [6, 6.07) is 0.180. The third-order valence-corrected chi connectivity index (χ3v) is 2.15. The SMILES string of the molecule is CC(C)(C)OC(=O)N[C@H]1C[C@@](C)(N)C1. The molecule has 0 bridgehead atoms. The van der Waals surface area contributed by atoms with E-state index in [0.717, 1.165) is 12.8 Å². The van der Waals surface area contributed by atoms with E-state index in [1.54, 1.807) is 0 Å². The van der Waals surface area contributed by atoms with Gasteiger partial charge >= 0.3 is 6.09 Å². The Hall–Kier alpha value is -0.770. The fourth-order valence-electron chi connectivity index (χ4n) is 1.64. The fraction of sp³-hybridized carbons (Fsp3) is 0.900. The van der Waals surface area contributed by atoms with Crippen molar-refractivity contribution in [2.45, 2.75) is 57.7 Å². The normalized spacial score (nSPS) is 31.9. The minimum Gasteiger partial charge on any atom is -0.444 e. The van der Waals surface area contributed by atoms with E-state index >= 15 is 0 Å². The van der Waals surface area contributed by atoms with E-state index in [1.165, 1.54) is 0 Å². The number of rotatable bonds is 1. The molecule has 1 fully saturated rings. The van der Waals surface area contributed by atoms with Crippen LogP contribution < -0.4 is 11.1 Å². The summed E-state index contributed by atoms with van der Waals surface area (Å²) in [6.07, 6.45) is 1.30. The molecule has 14 heavy (non-hydrogen) atoms. The third-order valence-electron chi connectivity index (χ3n) is 2.15. The first-order valence-corrected chi connectivity index (χ1v) is 4.96. The van der Waals surface area contributed by atoms with Gasteiger partial charge in [0, 0.05) is 11.6 Å². The fourth-order valence-corrected chi connectivity index (χ4v) is 1.64. The summed E-state index contributed by atoms with van der Waals surface area (Å²) >= 11 is 0. The zero-order valence-electron chi connectivity index (χ0n) is 9.39. The maximum absolute atomic E-state index is 11.3. The highest BCUT2D eigenvalue weighted by Gasteiger charge is 2.38. The summed E-state index contributed by atoms with van der Waals surface area (Å²) in [5.41, 5.74) is 5.28. The van der Waals surface area contributed by atoms with Gasteiger partial charge < -0.3 is 15.8 Å². The Balaban J connectivity index is 2.24. The number of hydrogen-bond donors (Lipinski definition) is 2. The molecule has 1 amide bonds. The Morgan fingerprint density at radius 2 is 2.00 bits per heavy atom. The molecule has 3 N–H and O–H groups in total. The maximum Gasteiger partial charge on any atom is 0.407 e. The van der Waals surface area contributed by atoms with Gasteiger partial charge in [-0.2, -0.15) is 0 Å². The van der Waals surface area contributed by atoms with Crippen molar-refractivity contribution in [2.75, 3.05) is 0 Å². The molecule has 0 aliphatic heterocycles. The molecule has 1 aliphatic rings. The second-order valence-electron chi connectivity index (χ2n) is 5.41. The van der Waals surface area contributed by atoms with Gasteiger partial charge in [0.15, 0.2) is 0 Å². The molecule has 82 valence electrons. The Labute approximate surface area is 85.2 Å². The van der Waals surface area contributed by atoms with Crippen molar-refractivity contribution in [3.8, 4) is 0 Å². The summed E-state index contributed by atoms with van der Waals surface area (Å²) in [5.74, 6) is 0. The Morgan fingerprint density at radius 1 is 1.50 bits per heavy atom. The number of hydrogen-bond acceptors (Lipinski definition) is 3. The van der Waals surface area contributed by atoms with Crippen molar-refractivity contribution in [3.05, 3.63) is 0 Å². The van der Waals surface area contributed by atoms with Gasteiger partial charge in [0.25, 0.3) is 0 Å². The Bertz CT molecular complexity index is 223. The third kappa shape index (κ3) is 3.54. The molecular weight excluding hydrogens is 180 g/mol. The van der Waals surface area contributed by atoms with E-state index in [-0.39, 0.29) is 17.7 Å². The number of carbonyl (C=O) groups is 1. The van der Waals surface area contributed by atoms with Gasteiger partial charge in [-0.1, -0.05) is 0 Å². The smallest absolute Gasteiger partial charge is 0.407 e. The minimum absolute atomic E-state index is 0.111. The molecule has 1 aliphatic carbocycles. The van der Waals surface area contributed by atoms with Crippen LogP contribution in [-0.2, 0) is 4.74 Å². The summed E-state index contributed by atoms with van der Waals surface area (Å²) in [5, 5.41) is 2.79. The van der Waals surface area contributed by atoms with Crippen molar-refractivity contribution < 1.29 is 9.53 Å². The van der Waals surface area contributed by atoms with Crippen LogP contribution in [0.2, 0.25) is 0 Å². The number of nitrogens with one attached hydrogen (secondary N) is 1. The first-order chi connectivity index (χ1) is 6.18. The van der Waals surface area contributed by atoms with E-state index in [2.05, 4.69) is 5.32 Å². The average Bonchev–Trinajstić information content (AvgIpc) is 1.76. The van der Waals surface area contributed by atoms with Crippen LogP contribution in [0.25, 0.3) is 0 Å². The van der Waals surface area contributed by atoms with E-state index in [9.17, 15) is 4.79 Å². The van der Waals surface area contributed by atoms with Crippen LogP contribution >= 0.6 is 0 Å². The molecule has 0 atom stereocenters. The summed E-state index contributed by atoms with van der Waals surface area (Å²) in [6.45, 7) is 7.53. The van der Waals surface area contributed by atoms with Crippen molar-refractivity contribution in [1.82, 2.24) is 5.32 Å². The number of amides is 1. The molecule has 0 aromatic heterocycles. The predicted molar refractivity (Wildman–Crippen MR) is 55.0 cm³/mol. The van der Waals surface area contributed by atoms with Crippen LogP contribution in [0, 0.1) is 0 Å². The lowest BCUT2D eigenvalue weighted by molar-refractivity contribution is 0.0444. The summed E-state index contributed by atoms with van der Waals surface area (Å²) in [7, 11) is 0.